The fraction of sp³-hybridized carbons (Fsp3) is 0.462. The van der Waals surface area contributed by atoms with Gasteiger partial charge in [-0.1, -0.05) is 25.1 Å². The van der Waals surface area contributed by atoms with Gasteiger partial charge in [0.2, 0.25) is 0 Å². The van der Waals surface area contributed by atoms with E-state index in [1.54, 1.807) is 6.07 Å². The average Bonchev–Trinajstić information content (AvgIpc) is 2.36. The highest BCUT2D eigenvalue weighted by atomic mass is 16.3. The third kappa shape index (κ3) is 4.17. The summed E-state index contributed by atoms with van der Waals surface area (Å²) in [5.74, 6) is -0.0324. The summed E-state index contributed by atoms with van der Waals surface area (Å²) < 4.78 is 0. The van der Waals surface area contributed by atoms with Gasteiger partial charge in [-0.25, -0.2) is 0 Å². The Morgan fingerprint density at radius 3 is 2.82 bits per heavy atom. The second kappa shape index (κ2) is 7.04. The Morgan fingerprint density at radius 2 is 2.18 bits per heavy atom. The van der Waals surface area contributed by atoms with Gasteiger partial charge in [0.1, 0.15) is 0 Å². The minimum atomic E-state index is -0.102. The molecule has 1 aromatic rings. The van der Waals surface area contributed by atoms with Crippen LogP contribution in [0.15, 0.2) is 24.3 Å². The number of nitrogens with one attached hydrogen (secondary N) is 1. The molecule has 1 rings (SSSR count). The van der Waals surface area contributed by atoms with Gasteiger partial charge in [-0.2, -0.15) is 0 Å². The molecule has 1 aromatic carbocycles. The summed E-state index contributed by atoms with van der Waals surface area (Å²) in [5.41, 5.74) is 7.14. The Balaban J connectivity index is 2.67. The first-order valence-electron chi connectivity index (χ1n) is 5.86. The van der Waals surface area contributed by atoms with Crippen molar-refractivity contribution in [1.29, 1.82) is 0 Å². The minimum absolute atomic E-state index is 0.0700. The van der Waals surface area contributed by atoms with Crippen molar-refractivity contribution in [3.05, 3.63) is 35.4 Å². The second-order valence-electron chi connectivity index (χ2n) is 4.19. The number of nitrogens with two attached hydrogens (primary N) is 1. The third-order valence-electron chi connectivity index (χ3n) is 2.60. The average molecular weight is 236 g/mol. The number of aliphatic hydroxyl groups is 1. The van der Waals surface area contributed by atoms with Gasteiger partial charge in [0.15, 0.2) is 0 Å². The van der Waals surface area contributed by atoms with Crippen LogP contribution in [0.3, 0.4) is 0 Å². The molecule has 0 radical (unpaired) electrons. The van der Waals surface area contributed by atoms with Crippen molar-refractivity contribution in [1.82, 2.24) is 5.32 Å². The summed E-state index contributed by atoms with van der Waals surface area (Å²) in [6.07, 6.45) is 0.694. The maximum atomic E-state index is 11.9. The molecule has 0 spiro atoms. The molecule has 94 valence electrons. The molecule has 0 saturated carbocycles. The number of hydrogen-bond acceptors (Lipinski definition) is 3. The summed E-state index contributed by atoms with van der Waals surface area (Å²) in [5, 5.41) is 11.7. The Morgan fingerprint density at radius 1 is 1.47 bits per heavy atom. The molecule has 0 aliphatic heterocycles. The zero-order valence-electron chi connectivity index (χ0n) is 10.1. The van der Waals surface area contributed by atoms with E-state index in [9.17, 15) is 4.79 Å². The molecule has 0 aliphatic carbocycles. The number of rotatable bonds is 6. The molecule has 4 N–H and O–H groups in total. The summed E-state index contributed by atoms with van der Waals surface area (Å²) >= 11 is 0. The van der Waals surface area contributed by atoms with Crippen LogP contribution in [0.1, 0.15) is 22.8 Å². The monoisotopic (exact) mass is 236 g/mol. The molecule has 0 saturated heterocycles. The van der Waals surface area contributed by atoms with Crippen molar-refractivity contribution in [3.63, 3.8) is 0 Å². The van der Waals surface area contributed by atoms with Gasteiger partial charge in [0, 0.05) is 18.7 Å². The molecule has 17 heavy (non-hydrogen) atoms. The van der Waals surface area contributed by atoms with E-state index >= 15 is 0 Å². The molecular weight excluding hydrogens is 216 g/mol. The summed E-state index contributed by atoms with van der Waals surface area (Å²) in [6.45, 7) is 2.96. The molecular formula is C13H20N2O2. The first-order chi connectivity index (χ1) is 8.19. The standard InChI is InChI=1S/C13H20N2O2/c1-10(9-16)8-15-13(17)12-5-3-2-4-11(12)6-7-14/h2-5,10,16H,6-9,14H2,1H3,(H,15,17). The van der Waals surface area contributed by atoms with E-state index in [0.29, 0.717) is 25.1 Å². The lowest BCUT2D eigenvalue weighted by atomic mass is 10.0. The minimum Gasteiger partial charge on any atom is -0.396 e. The highest BCUT2D eigenvalue weighted by molar-refractivity contribution is 5.95. The lowest BCUT2D eigenvalue weighted by molar-refractivity contribution is 0.0941. The third-order valence-corrected chi connectivity index (χ3v) is 2.60. The van der Waals surface area contributed by atoms with Crippen LogP contribution in [0.2, 0.25) is 0 Å². The molecule has 1 atom stereocenters. The van der Waals surface area contributed by atoms with Crippen molar-refractivity contribution >= 4 is 5.91 Å². The van der Waals surface area contributed by atoms with Crippen LogP contribution in [-0.2, 0) is 6.42 Å². The van der Waals surface area contributed by atoms with Crippen LogP contribution in [-0.4, -0.2) is 30.7 Å². The topological polar surface area (TPSA) is 75.3 Å². The van der Waals surface area contributed by atoms with Crippen molar-refractivity contribution < 1.29 is 9.90 Å². The van der Waals surface area contributed by atoms with Crippen LogP contribution in [0.5, 0.6) is 0 Å². The lowest BCUT2D eigenvalue weighted by Gasteiger charge is -2.12. The summed E-state index contributed by atoms with van der Waals surface area (Å²) in [7, 11) is 0. The van der Waals surface area contributed by atoms with Crippen LogP contribution < -0.4 is 11.1 Å². The van der Waals surface area contributed by atoms with E-state index in [-0.39, 0.29) is 18.4 Å². The smallest absolute Gasteiger partial charge is 0.251 e. The van der Waals surface area contributed by atoms with Crippen molar-refractivity contribution in [2.75, 3.05) is 19.7 Å². The number of carbonyl (C=O) groups excluding carboxylic acids is 1. The van der Waals surface area contributed by atoms with Gasteiger partial charge in [0.25, 0.3) is 5.91 Å². The second-order valence-corrected chi connectivity index (χ2v) is 4.19. The van der Waals surface area contributed by atoms with Gasteiger partial charge in [-0.15, -0.1) is 0 Å². The first-order valence-corrected chi connectivity index (χ1v) is 5.86. The molecule has 1 unspecified atom stereocenters. The number of amides is 1. The highest BCUT2D eigenvalue weighted by Gasteiger charge is 2.10. The molecule has 0 heterocycles. The van der Waals surface area contributed by atoms with Crippen molar-refractivity contribution in [2.24, 2.45) is 11.7 Å². The van der Waals surface area contributed by atoms with E-state index in [1.807, 2.05) is 25.1 Å². The molecule has 0 bridgehead atoms. The highest BCUT2D eigenvalue weighted by Crippen LogP contribution is 2.09. The van der Waals surface area contributed by atoms with Gasteiger partial charge in [0.05, 0.1) is 0 Å². The lowest BCUT2D eigenvalue weighted by Crippen LogP contribution is -2.30. The fourth-order valence-corrected chi connectivity index (χ4v) is 1.54. The molecule has 4 nitrogen and oxygen atoms in total. The summed E-state index contributed by atoms with van der Waals surface area (Å²) in [6, 6.07) is 7.45. The molecule has 0 fully saturated rings. The normalized spacial score (nSPS) is 12.2. The van der Waals surface area contributed by atoms with Crippen LogP contribution in [0.25, 0.3) is 0 Å². The number of carbonyl (C=O) groups is 1. The molecule has 0 aromatic heterocycles. The van der Waals surface area contributed by atoms with E-state index in [4.69, 9.17) is 10.8 Å². The van der Waals surface area contributed by atoms with Crippen molar-refractivity contribution in [3.8, 4) is 0 Å². The summed E-state index contributed by atoms with van der Waals surface area (Å²) in [4.78, 5) is 11.9. The fourth-order valence-electron chi connectivity index (χ4n) is 1.54. The van der Waals surface area contributed by atoms with Gasteiger partial charge < -0.3 is 16.2 Å². The SMILES string of the molecule is CC(CO)CNC(=O)c1ccccc1CCN. The Labute approximate surface area is 102 Å². The maximum Gasteiger partial charge on any atom is 0.251 e. The van der Waals surface area contributed by atoms with Crippen LogP contribution in [0.4, 0.5) is 0 Å². The zero-order valence-corrected chi connectivity index (χ0v) is 10.1. The maximum absolute atomic E-state index is 11.9. The first kappa shape index (κ1) is 13.7. The van der Waals surface area contributed by atoms with E-state index in [1.165, 1.54) is 0 Å². The largest absolute Gasteiger partial charge is 0.396 e. The van der Waals surface area contributed by atoms with E-state index in [2.05, 4.69) is 5.32 Å². The predicted octanol–water partition coefficient (Wildman–Crippen LogP) is 0.546. The Bertz CT molecular complexity index is 366. The van der Waals surface area contributed by atoms with E-state index < -0.39 is 0 Å². The van der Waals surface area contributed by atoms with Gasteiger partial charge >= 0.3 is 0 Å². The van der Waals surface area contributed by atoms with Crippen LogP contribution in [0, 0.1) is 5.92 Å². The van der Waals surface area contributed by atoms with Gasteiger partial charge in [-0.3, -0.25) is 4.79 Å². The predicted molar refractivity (Wildman–Crippen MR) is 67.8 cm³/mol. The van der Waals surface area contributed by atoms with Gasteiger partial charge in [-0.05, 0) is 30.5 Å². The Kier molecular flexibility index (Phi) is 5.66. The molecule has 1 amide bonds. The molecule has 0 aliphatic rings. The number of hydrogen-bond donors (Lipinski definition) is 3. The van der Waals surface area contributed by atoms with E-state index in [0.717, 1.165) is 5.56 Å². The number of aliphatic hydroxyl groups excluding tert-OH is 1. The van der Waals surface area contributed by atoms with Crippen LogP contribution >= 0.6 is 0 Å². The number of benzene rings is 1. The Hall–Kier alpha value is -1.39. The quantitative estimate of drug-likeness (QED) is 0.675. The zero-order chi connectivity index (χ0) is 12.7. The van der Waals surface area contributed by atoms with Crippen molar-refractivity contribution in [2.45, 2.75) is 13.3 Å². The molecule has 4 heteroatoms.